The molecule has 0 bridgehead atoms. The van der Waals surface area contributed by atoms with Crippen molar-refractivity contribution in [2.75, 3.05) is 14.2 Å². The number of phenols is 1. The summed E-state index contributed by atoms with van der Waals surface area (Å²) in [5.74, 6) is 1.46. The average molecular weight is 809 g/mol. The first-order valence-electron chi connectivity index (χ1n) is 22.7. The van der Waals surface area contributed by atoms with Gasteiger partial charge in [0.1, 0.15) is 5.60 Å². The number of fused-ring (bicyclic) bond motifs is 1. The Kier molecular flexibility index (Phi) is 24.1. The van der Waals surface area contributed by atoms with E-state index in [1.54, 1.807) is 7.11 Å². The van der Waals surface area contributed by atoms with Crippen molar-refractivity contribution in [1.82, 2.24) is 0 Å². The van der Waals surface area contributed by atoms with Gasteiger partial charge in [-0.2, -0.15) is 0 Å². The predicted molar refractivity (Wildman–Crippen MR) is 258 cm³/mol. The first-order chi connectivity index (χ1) is 28.1. The molecule has 0 radical (unpaired) electrons. The Labute approximate surface area is 362 Å². The fourth-order valence-corrected chi connectivity index (χ4v) is 7.43. The summed E-state index contributed by atoms with van der Waals surface area (Å²) in [7, 11) is 3.11. The normalized spacial score (nSPS) is 17.4. The minimum atomic E-state index is -0.473. The van der Waals surface area contributed by atoms with E-state index in [4.69, 9.17) is 14.2 Å². The molecule has 0 amide bonds. The van der Waals surface area contributed by atoms with Gasteiger partial charge in [0.15, 0.2) is 11.5 Å². The third-order valence-corrected chi connectivity index (χ3v) is 11.9. The van der Waals surface area contributed by atoms with Gasteiger partial charge >= 0.3 is 0 Å². The third kappa shape index (κ3) is 19.8. The largest absolute Gasteiger partial charge is 0.504 e. The Balaban J connectivity index is 1.64. The van der Waals surface area contributed by atoms with Crippen LogP contribution in [0.4, 0.5) is 0 Å². The number of rotatable bonds is 27. The maximum atomic E-state index is 10.6. The smallest absolute Gasteiger partial charge is 0.207 e. The number of phenolic OH excluding ortho intramolecular Hbond substituents is 1. The van der Waals surface area contributed by atoms with Crippen LogP contribution in [0.25, 0.3) is 6.08 Å². The summed E-state index contributed by atoms with van der Waals surface area (Å²) in [6.07, 6.45) is 42.4. The lowest BCUT2D eigenvalue weighted by Crippen LogP contribution is -2.32. The molecule has 1 aromatic carbocycles. The van der Waals surface area contributed by atoms with Gasteiger partial charge in [-0.15, -0.1) is 0 Å². The molecule has 0 unspecified atom stereocenters. The maximum Gasteiger partial charge on any atom is 0.207 e. The van der Waals surface area contributed by atoms with Crippen molar-refractivity contribution in [3.05, 3.63) is 110 Å². The summed E-state index contributed by atoms with van der Waals surface area (Å²) in [5.41, 5.74) is 13.1. The van der Waals surface area contributed by atoms with Crippen LogP contribution in [0.15, 0.2) is 99.3 Å². The van der Waals surface area contributed by atoms with Crippen molar-refractivity contribution in [2.24, 2.45) is 0 Å². The molecule has 2 rings (SSSR count). The molecule has 1 N–H and O–H groups in total. The van der Waals surface area contributed by atoms with Crippen LogP contribution in [0.3, 0.4) is 0 Å². The van der Waals surface area contributed by atoms with E-state index in [9.17, 15) is 5.11 Å². The minimum Gasteiger partial charge on any atom is -0.504 e. The fraction of sp³-hybridized carbons (Fsp3) is 0.564. The van der Waals surface area contributed by atoms with E-state index in [0.29, 0.717) is 17.2 Å². The molecule has 0 aromatic heterocycles. The molecular weight excluding hydrogens is 725 g/mol. The molecule has 0 spiro atoms. The lowest BCUT2D eigenvalue weighted by molar-refractivity contribution is 0.122. The average Bonchev–Trinajstić information content (AvgIpc) is 3.18. The molecule has 0 fully saturated rings. The van der Waals surface area contributed by atoms with E-state index < -0.39 is 5.60 Å². The van der Waals surface area contributed by atoms with Crippen molar-refractivity contribution >= 4 is 6.08 Å². The van der Waals surface area contributed by atoms with Crippen molar-refractivity contribution in [1.29, 1.82) is 0 Å². The molecule has 1 aliphatic rings. The summed E-state index contributed by atoms with van der Waals surface area (Å²) in [6, 6.07) is 0. The highest BCUT2D eigenvalue weighted by Gasteiger charge is 2.33. The van der Waals surface area contributed by atoms with E-state index in [0.717, 1.165) is 94.6 Å². The number of ether oxygens (including phenoxy) is 3. The molecule has 1 aromatic rings. The number of aromatic hydroxyl groups is 1. The lowest BCUT2D eigenvalue weighted by atomic mass is 9.92. The summed E-state index contributed by atoms with van der Waals surface area (Å²) in [5, 5.41) is 10.6. The fourth-order valence-electron chi connectivity index (χ4n) is 7.43. The second kappa shape index (κ2) is 27.8. The van der Waals surface area contributed by atoms with Gasteiger partial charge in [0.2, 0.25) is 11.5 Å². The van der Waals surface area contributed by atoms with Gasteiger partial charge in [0, 0.05) is 11.1 Å². The highest BCUT2D eigenvalue weighted by atomic mass is 16.5. The Morgan fingerprint density at radius 1 is 0.542 bits per heavy atom. The topological polar surface area (TPSA) is 47.9 Å². The van der Waals surface area contributed by atoms with E-state index in [-0.39, 0.29) is 5.75 Å². The van der Waals surface area contributed by atoms with Crippen molar-refractivity contribution in [3.8, 4) is 23.0 Å². The third-order valence-electron chi connectivity index (χ3n) is 11.9. The second-order valence-electron chi connectivity index (χ2n) is 17.6. The number of methoxy groups -OCH3 is 2. The van der Waals surface area contributed by atoms with Gasteiger partial charge in [-0.3, -0.25) is 0 Å². The molecule has 4 heteroatoms. The zero-order valence-electron chi connectivity index (χ0n) is 40.0. The molecule has 0 saturated heterocycles. The van der Waals surface area contributed by atoms with Crippen LogP contribution in [-0.4, -0.2) is 24.9 Å². The van der Waals surface area contributed by atoms with Crippen LogP contribution < -0.4 is 14.2 Å². The second-order valence-corrected chi connectivity index (χ2v) is 17.6. The number of hydrogen-bond donors (Lipinski definition) is 1. The van der Waals surface area contributed by atoms with Crippen LogP contribution in [-0.2, 0) is 0 Å². The molecule has 328 valence electrons. The van der Waals surface area contributed by atoms with Crippen molar-refractivity contribution < 1.29 is 19.3 Å². The number of benzene rings is 1. The summed E-state index contributed by atoms with van der Waals surface area (Å²) in [4.78, 5) is 0. The first kappa shape index (κ1) is 51.2. The Bertz CT molecular complexity index is 1750. The molecule has 1 atom stereocenters. The van der Waals surface area contributed by atoms with E-state index in [1.807, 2.05) is 13.0 Å². The zero-order chi connectivity index (χ0) is 43.8. The summed E-state index contributed by atoms with van der Waals surface area (Å²) >= 11 is 0. The molecule has 1 aliphatic heterocycles. The molecular formula is C55H84O4. The van der Waals surface area contributed by atoms with E-state index in [2.05, 4.69) is 124 Å². The molecule has 0 aliphatic carbocycles. The minimum absolute atomic E-state index is 0.0869. The predicted octanol–water partition coefficient (Wildman–Crippen LogP) is 17.1. The van der Waals surface area contributed by atoms with Crippen LogP contribution in [0, 0.1) is 6.92 Å². The van der Waals surface area contributed by atoms with E-state index >= 15 is 0 Å². The molecule has 0 saturated carbocycles. The summed E-state index contributed by atoms with van der Waals surface area (Å²) < 4.78 is 17.6. The van der Waals surface area contributed by atoms with Gasteiger partial charge in [0.05, 0.1) is 14.2 Å². The van der Waals surface area contributed by atoms with Gasteiger partial charge in [-0.05, 0) is 184 Å². The standard InChI is InChI=1S/C55H84O4/c1-14-41(2)23-15-24-42(3)25-16-26-43(4)27-17-28-44(5)29-18-30-45(6)31-19-32-46(7)33-20-34-47(8)35-21-36-48(9)37-22-39-55(11)40-38-50-49(10)51(56)53(57-12)54(58-13)52(50)59-55/h23,25,27,29,31,33,35,37-38,40,56H,14-22,24,26,28,30,32,34,36,39H2,1-13H3/b41-23+,42-25+,43-27+,44-29+,45-31+,46-33+,47-35+,48-37+/t55-/m1/s1. The van der Waals surface area contributed by atoms with Gasteiger partial charge in [-0.1, -0.05) is 106 Å². The Hall–Kier alpha value is -3.92. The van der Waals surface area contributed by atoms with Crippen LogP contribution in [0.1, 0.15) is 190 Å². The van der Waals surface area contributed by atoms with E-state index in [1.165, 1.54) is 77.4 Å². The van der Waals surface area contributed by atoms with Gasteiger partial charge in [0.25, 0.3) is 0 Å². The number of hydrogen-bond acceptors (Lipinski definition) is 4. The first-order valence-corrected chi connectivity index (χ1v) is 22.7. The molecule has 1 heterocycles. The number of allylic oxidation sites excluding steroid dienone is 16. The Morgan fingerprint density at radius 3 is 1.19 bits per heavy atom. The highest BCUT2D eigenvalue weighted by molar-refractivity contribution is 5.76. The molecule has 4 nitrogen and oxygen atoms in total. The highest BCUT2D eigenvalue weighted by Crippen LogP contribution is 2.52. The van der Waals surface area contributed by atoms with Crippen LogP contribution in [0.5, 0.6) is 23.0 Å². The lowest BCUT2D eigenvalue weighted by Gasteiger charge is -2.33. The van der Waals surface area contributed by atoms with Crippen molar-refractivity contribution in [2.45, 2.75) is 191 Å². The zero-order valence-corrected chi connectivity index (χ0v) is 40.0. The summed E-state index contributed by atoms with van der Waals surface area (Å²) in [6.45, 7) is 24.4. The van der Waals surface area contributed by atoms with Crippen LogP contribution >= 0.6 is 0 Å². The SMILES string of the molecule is CC/C(C)=C/CC/C(C)=C/CC/C(C)=C/CC/C(C)=C/CC/C(C)=C/CC/C(C)=C/CC/C(C)=C/CC/C(C)=C/CC[C@]1(C)C=Cc2c(C)c(O)c(OC)c(OC)c2O1. The Morgan fingerprint density at radius 2 is 0.864 bits per heavy atom. The van der Waals surface area contributed by atoms with Gasteiger partial charge in [-0.25, -0.2) is 0 Å². The van der Waals surface area contributed by atoms with Crippen molar-refractivity contribution in [3.63, 3.8) is 0 Å². The maximum absolute atomic E-state index is 10.6. The molecule has 59 heavy (non-hydrogen) atoms. The van der Waals surface area contributed by atoms with Gasteiger partial charge < -0.3 is 19.3 Å². The monoisotopic (exact) mass is 809 g/mol. The van der Waals surface area contributed by atoms with Crippen LogP contribution in [0.2, 0.25) is 0 Å². The quantitative estimate of drug-likeness (QED) is 0.0900.